The summed E-state index contributed by atoms with van der Waals surface area (Å²) in [6.45, 7) is 2.25. The molecule has 0 aromatic heterocycles. The molecule has 1 unspecified atom stereocenters. The van der Waals surface area contributed by atoms with Crippen LogP contribution in [-0.4, -0.2) is 34.8 Å². The quantitative estimate of drug-likeness (QED) is 0.553. The predicted molar refractivity (Wildman–Crippen MR) is 133 cm³/mol. The van der Waals surface area contributed by atoms with Gasteiger partial charge in [0.25, 0.3) is 0 Å². The molecule has 2 aromatic carbocycles. The first-order valence-electron chi connectivity index (χ1n) is 10.9. The Hall–Kier alpha value is -2.25. The molecule has 1 atom stereocenters. The number of ether oxygens (including phenoxy) is 2. The Labute approximate surface area is 198 Å². The zero-order valence-corrected chi connectivity index (χ0v) is 20.3. The van der Waals surface area contributed by atoms with Crippen molar-refractivity contribution in [3.8, 4) is 28.4 Å². The van der Waals surface area contributed by atoms with E-state index in [-0.39, 0.29) is 16.6 Å². The van der Waals surface area contributed by atoms with E-state index in [2.05, 4.69) is 24.4 Å². The number of phenols is 1. The predicted octanol–water partition coefficient (Wildman–Crippen LogP) is 5.36. The van der Waals surface area contributed by atoms with Gasteiger partial charge in [-0.2, -0.15) is 0 Å². The van der Waals surface area contributed by atoms with Crippen LogP contribution in [0.25, 0.3) is 11.1 Å². The second kappa shape index (κ2) is 9.32. The van der Waals surface area contributed by atoms with E-state index in [1.807, 2.05) is 12.1 Å². The number of methoxy groups -OCH3 is 2. The Morgan fingerprint density at radius 3 is 2.50 bits per heavy atom. The highest BCUT2D eigenvalue weighted by molar-refractivity contribution is 8.24. The Morgan fingerprint density at radius 1 is 1.12 bits per heavy atom. The molecule has 7 heteroatoms. The molecule has 5 nitrogen and oxygen atoms in total. The van der Waals surface area contributed by atoms with E-state index in [1.54, 1.807) is 20.3 Å². The molecule has 4 rings (SSSR count). The summed E-state index contributed by atoms with van der Waals surface area (Å²) in [5.41, 5.74) is 3.83. The number of rotatable bonds is 6. The average Bonchev–Trinajstić information content (AvgIpc) is 3.10. The van der Waals surface area contributed by atoms with Crippen molar-refractivity contribution in [1.82, 2.24) is 5.32 Å². The molecule has 1 amide bonds. The van der Waals surface area contributed by atoms with Crippen molar-refractivity contribution in [2.75, 3.05) is 14.2 Å². The molecule has 1 saturated carbocycles. The first-order valence-corrected chi connectivity index (χ1v) is 12.2. The third kappa shape index (κ3) is 4.46. The summed E-state index contributed by atoms with van der Waals surface area (Å²) in [7, 11) is 3.22. The minimum atomic E-state index is -0.298. The number of hydrogen-bond acceptors (Lipinski definition) is 6. The van der Waals surface area contributed by atoms with Crippen LogP contribution in [-0.2, 0) is 16.6 Å². The maximum absolute atomic E-state index is 12.3. The fraction of sp³-hybridized carbons (Fsp3) is 0.440. The summed E-state index contributed by atoms with van der Waals surface area (Å²) < 4.78 is 11.8. The second-order valence-electron chi connectivity index (χ2n) is 8.81. The molecule has 0 bridgehead atoms. The number of aromatic hydroxyl groups is 1. The topological polar surface area (TPSA) is 67.8 Å². The lowest BCUT2D eigenvalue weighted by molar-refractivity contribution is -0.118. The van der Waals surface area contributed by atoms with Gasteiger partial charge in [0.1, 0.15) is 10.1 Å². The van der Waals surface area contributed by atoms with Gasteiger partial charge in [0.15, 0.2) is 11.5 Å². The van der Waals surface area contributed by atoms with Gasteiger partial charge >= 0.3 is 0 Å². The van der Waals surface area contributed by atoms with Gasteiger partial charge in [-0.1, -0.05) is 56.2 Å². The lowest BCUT2D eigenvalue weighted by atomic mass is 9.70. The van der Waals surface area contributed by atoms with Crippen molar-refractivity contribution in [3.63, 3.8) is 0 Å². The molecule has 0 radical (unpaired) electrons. The van der Waals surface area contributed by atoms with Crippen LogP contribution in [0.3, 0.4) is 0 Å². The van der Waals surface area contributed by atoms with Gasteiger partial charge < -0.3 is 19.9 Å². The number of thiocarbonyl (C=S) groups is 1. The van der Waals surface area contributed by atoms with Crippen LogP contribution < -0.4 is 14.8 Å². The molecule has 1 heterocycles. The minimum Gasteiger partial charge on any atom is -0.508 e. The number of thioether (sulfide) groups is 1. The molecule has 2 aliphatic rings. The summed E-state index contributed by atoms with van der Waals surface area (Å²) in [5, 5.41) is 13.1. The van der Waals surface area contributed by atoms with Gasteiger partial charge in [-0.05, 0) is 60.1 Å². The standard InChI is InChI=1S/C25H29NO4S2/c1-25(9-5-4-6-10-25)18-12-15(7-8-19(18)27)16-11-17(22(30-3)20(13-16)29-2)14-21-23(28)26-24(31)32-21/h7-8,11-13,21,27H,4-6,9-10,14H2,1-3H3,(H,26,28,31). The van der Waals surface area contributed by atoms with Crippen molar-refractivity contribution in [2.45, 2.75) is 56.1 Å². The van der Waals surface area contributed by atoms with Crippen LogP contribution >= 0.6 is 24.0 Å². The van der Waals surface area contributed by atoms with Gasteiger partial charge in [-0.25, -0.2) is 0 Å². The SMILES string of the molecule is COc1cc(-c2ccc(O)c(C3(C)CCCCC3)c2)cc(CC2SC(=S)NC2=O)c1OC. The summed E-state index contributed by atoms with van der Waals surface area (Å²) in [6, 6.07) is 9.84. The van der Waals surface area contributed by atoms with Crippen LogP contribution in [0.1, 0.15) is 50.2 Å². The molecule has 1 aliphatic carbocycles. The van der Waals surface area contributed by atoms with E-state index in [1.165, 1.54) is 31.0 Å². The first kappa shape index (κ1) is 22.9. The number of hydrogen-bond donors (Lipinski definition) is 2. The number of amides is 1. The molecular formula is C25H29NO4S2. The van der Waals surface area contributed by atoms with Crippen molar-refractivity contribution < 1.29 is 19.4 Å². The number of benzene rings is 2. The first-order chi connectivity index (χ1) is 15.3. The maximum Gasteiger partial charge on any atom is 0.239 e. The smallest absolute Gasteiger partial charge is 0.239 e. The largest absolute Gasteiger partial charge is 0.508 e. The average molecular weight is 472 g/mol. The number of phenolic OH excluding ortho intramolecular Hbond substituents is 1. The van der Waals surface area contributed by atoms with Crippen LogP contribution in [0.2, 0.25) is 0 Å². The Balaban J connectivity index is 1.76. The lowest BCUT2D eigenvalue weighted by Crippen LogP contribution is -2.25. The molecule has 1 saturated heterocycles. The molecule has 1 aliphatic heterocycles. The molecule has 2 fully saturated rings. The van der Waals surface area contributed by atoms with Gasteiger partial charge in [0.2, 0.25) is 5.91 Å². The van der Waals surface area contributed by atoms with E-state index in [9.17, 15) is 9.90 Å². The van der Waals surface area contributed by atoms with E-state index < -0.39 is 0 Å². The van der Waals surface area contributed by atoms with Gasteiger partial charge in [0.05, 0.1) is 19.5 Å². The molecule has 0 spiro atoms. The Kier molecular flexibility index (Phi) is 6.67. The molecule has 2 N–H and O–H groups in total. The summed E-state index contributed by atoms with van der Waals surface area (Å²) >= 11 is 6.52. The second-order valence-corrected chi connectivity index (χ2v) is 10.7. The van der Waals surface area contributed by atoms with Gasteiger partial charge in [0, 0.05) is 11.1 Å². The van der Waals surface area contributed by atoms with Crippen molar-refractivity contribution >= 4 is 34.2 Å². The summed E-state index contributed by atoms with van der Waals surface area (Å²) in [4.78, 5) is 12.3. The highest BCUT2D eigenvalue weighted by atomic mass is 32.2. The third-order valence-corrected chi connectivity index (χ3v) is 8.04. The zero-order valence-electron chi connectivity index (χ0n) is 18.7. The lowest BCUT2D eigenvalue weighted by Gasteiger charge is -2.35. The normalized spacial score (nSPS) is 20.2. The van der Waals surface area contributed by atoms with E-state index >= 15 is 0 Å². The van der Waals surface area contributed by atoms with E-state index in [4.69, 9.17) is 21.7 Å². The van der Waals surface area contributed by atoms with Crippen LogP contribution in [0.4, 0.5) is 0 Å². The molecule has 170 valence electrons. The summed E-state index contributed by atoms with van der Waals surface area (Å²) in [6.07, 6.45) is 6.26. The van der Waals surface area contributed by atoms with Crippen LogP contribution in [0.15, 0.2) is 30.3 Å². The van der Waals surface area contributed by atoms with Crippen molar-refractivity contribution in [2.24, 2.45) is 0 Å². The maximum atomic E-state index is 12.3. The van der Waals surface area contributed by atoms with Gasteiger partial charge in [-0.15, -0.1) is 0 Å². The highest BCUT2D eigenvalue weighted by Crippen LogP contribution is 2.45. The summed E-state index contributed by atoms with van der Waals surface area (Å²) in [5.74, 6) is 1.51. The molecule has 32 heavy (non-hydrogen) atoms. The fourth-order valence-electron chi connectivity index (χ4n) is 4.89. The van der Waals surface area contributed by atoms with Crippen LogP contribution in [0.5, 0.6) is 17.2 Å². The van der Waals surface area contributed by atoms with E-state index in [0.717, 1.165) is 35.1 Å². The zero-order chi connectivity index (χ0) is 22.9. The van der Waals surface area contributed by atoms with Crippen molar-refractivity contribution in [1.29, 1.82) is 0 Å². The van der Waals surface area contributed by atoms with Gasteiger partial charge in [-0.3, -0.25) is 4.79 Å². The van der Waals surface area contributed by atoms with E-state index in [0.29, 0.717) is 28.0 Å². The molecular weight excluding hydrogens is 442 g/mol. The van der Waals surface area contributed by atoms with Crippen molar-refractivity contribution in [3.05, 3.63) is 41.5 Å². The molecule has 2 aromatic rings. The minimum absolute atomic E-state index is 0.0218. The number of carbonyl (C=O) groups excluding carboxylic acids is 1. The Morgan fingerprint density at radius 2 is 1.88 bits per heavy atom. The highest BCUT2D eigenvalue weighted by Gasteiger charge is 2.32. The monoisotopic (exact) mass is 471 g/mol. The number of carbonyl (C=O) groups is 1. The van der Waals surface area contributed by atoms with Crippen LogP contribution in [0, 0.1) is 0 Å². The Bertz CT molecular complexity index is 1050. The number of nitrogens with one attached hydrogen (secondary N) is 1. The fourth-order valence-corrected chi connectivity index (χ4v) is 6.19. The third-order valence-electron chi connectivity index (χ3n) is 6.67.